The van der Waals surface area contributed by atoms with E-state index < -0.39 is 12.1 Å². The van der Waals surface area contributed by atoms with E-state index >= 15 is 0 Å². The van der Waals surface area contributed by atoms with Crippen LogP contribution in [0.1, 0.15) is 17.3 Å². The maximum Gasteiger partial charge on any atom is 0.375 e. The van der Waals surface area contributed by atoms with Crippen LogP contribution in [0.3, 0.4) is 0 Å². The van der Waals surface area contributed by atoms with Crippen molar-refractivity contribution in [3.8, 4) is 0 Å². The van der Waals surface area contributed by atoms with Crippen molar-refractivity contribution < 1.29 is 19.1 Å². The molecule has 8 nitrogen and oxygen atoms in total. The van der Waals surface area contributed by atoms with E-state index in [1.54, 1.807) is 0 Å². The Morgan fingerprint density at radius 1 is 1.19 bits per heavy atom. The molecule has 2 rings (SSSR count). The number of benzene rings is 1. The molecule has 0 aliphatic carbocycles. The minimum absolute atomic E-state index is 0.255. The Morgan fingerprint density at radius 2 is 1.81 bits per heavy atom. The second-order valence-corrected chi connectivity index (χ2v) is 4.10. The molecule has 0 unspecified atom stereocenters. The molecule has 0 fully saturated rings. The second kappa shape index (κ2) is 6.71. The van der Waals surface area contributed by atoms with Gasteiger partial charge in [-0.1, -0.05) is 10.2 Å². The first-order valence-corrected chi connectivity index (χ1v) is 6.39. The predicted octanol–water partition coefficient (Wildman–Crippen LogP) is 1.97. The summed E-state index contributed by atoms with van der Waals surface area (Å²) in [4.78, 5) is 35.4. The first kappa shape index (κ1) is 14.8. The van der Waals surface area contributed by atoms with Gasteiger partial charge < -0.3 is 10.1 Å². The lowest BCUT2D eigenvalue weighted by atomic mass is 10.2. The minimum atomic E-state index is -0.742. The number of nitrogens with zero attached hydrogens (tertiary/aromatic N) is 3. The van der Waals surface area contributed by atoms with Crippen molar-refractivity contribution in [2.24, 2.45) is 10.2 Å². The van der Waals surface area contributed by atoms with E-state index in [-0.39, 0.29) is 5.91 Å². The number of rotatable bonds is 6. The summed E-state index contributed by atoms with van der Waals surface area (Å²) in [5, 5.41) is 9.01. The maximum absolute atomic E-state index is 11.8. The molecule has 1 aliphatic heterocycles. The molecule has 0 bridgehead atoms. The average Bonchev–Trinajstić information content (AvgIpc) is 2.83. The number of hydrogen-bond acceptors (Lipinski definition) is 4. The van der Waals surface area contributed by atoms with E-state index in [0.29, 0.717) is 31.0 Å². The summed E-state index contributed by atoms with van der Waals surface area (Å²) >= 11 is 0. The molecule has 1 heterocycles. The van der Waals surface area contributed by atoms with Crippen LogP contribution in [0.4, 0.5) is 15.3 Å². The maximum atomic E-state index is 11.8. The third kappa shape index (κ3) is 3.48. The average molecular weight is 290 g/mol. The molecule has 1 N–H and O–H groups in total. The number of carbonyl (C=O) groups excluding carboxylic acids is 3. The first-order chi connectivity index (χ1) is 10.1. The van der Waals surface area contributed by atoms with Gasteiger partial charge in [-0.2, -0.15) is 0 Å². The molecule has 0 radical (unpaired) electrons. The number of amides is 5. The molecule has 1 aromatic carbocycles. The third-order valence-electron chi connectivity index (χ3n) is 2.73. The molecule has 21 heavy (non-hydrogen) atoms. The van der Waals surface area contributed by atoms with Gasteiger partial charge in [0.1, 0.15) is 0 Å². The molecule has 1 aromatic rings. The highest BCUT2D eigenvalue weighted by molar-refractivity contribution is 6.17. The van der Waals surface area contributed by atoms with Crippen molar-refractivity contribution in [2.75, 3.05) is 24.7 Å². The monoisotopic (exact) mass is 290 g/mol. The van der Waals surface area contributed by atoms with Crippen molar-refractivity contribution in [1.29, 1.82) is 0 Å². The molecule has 8 heteroatoms. The van der Waals surface area contributed by atoms with E-state index in [0.717, 1.165) is 4.90 Å². The third-order valence-corrected chi connectivity index (χ3v) is 2.73. The fourth-order valence-electron chi connectivity index (χ4n) is 1.72. The largest absolute Gasteiger partial charge is 0.380 e. The number of carbonyl (C=O) groups is 3. The van der Waals surface area contributed by atoms with Crippen molar-refractivity contribution in [2.45, 2.75) is 6.92 Å². The smallest absolute Gasteiger partial charge is 0.375 e. The van der Waals surface area contributed by atoms with Gasteiger partial charge in [-0.3, -0.25) is 4.79 Å². The number of nitrogens with one attached hydrogen (secondary N) is 1. The Hall–Kier alpha value is -2.61. The van der Waals surface area contributed by atoms with Gasteiger partial charge in [0.15, 0.2) is 0 Å². The van der Waals surface area contributed by atoms with Crippen molar-refractivity contribution in [3.63, 3.8) is 0 Å². The zero-order chi connectivity index (χ0) is 15.2. The number of ether oxygens (including phenoxy) is 1. The van der Waals surface area contributed by atoms with Crippen LogP contribution in [0.25, 0.3) is 0 Å². The van der Waals surface area contributed by atoms with Crippen LogP contribution in [0.15, 0.2) is 34.5 Å². The fourth-order valence-corrected chi connectivity index (χ4v) is 1.72. The Balaban J connectivity index is 1.97. The van der Waals surface area contributed by atoms with Gasteiger partial charge in [-0.05, 0) is 31.2 Å². The van der Waals surface area contributed by atoms with E-state index in [2.05, 4.69) is 15.5 Å². The highest BCUT2D eigenvalue weighted by Gasteiger charge is 2.28. The number of anilines is 1. The van der Waals surface area contributed by atoms with Crippen LogP contribution < -0.4 is 10.2 Å². The van der Waals surface area contributed by atoms with Crippen LogP contribution >= 0.6 is 0 Å². The van der Waals surface area contributed by atoms with Gasteiger partial charge in [-0.25, -0.2) is 14.5 Å². The molecule has 110 valence electrons. The lowest BCUT2D eigenvalue weighted by Crippen LogP contribution is -2.28. The summed E-state index contributed by atoms with van der Waals surface area (Å²) in [6.07, 6.45) is 0. The van der Waals surface area contributed by atoms with Gasteiger partial charge in [-0.15, -0.1) is 0 Å². The topological polar surface area (TPSA) is 100 Å². The fraction of sp³-hybridized carbons (Fsp3) is 0.308. The zero-order valence-corrected chi connectivity index (χ0v) is 11.4. The van der Waals surface area contributed by atoms with Crippen LogP contribution in [0.2, 0.25) is 0 Å². The summed E-state index contributed by atoms with van der Waals surface area (Å²) in [6, 6.07) is 4.53. The first-order valence-electron chi connectivity index (χ1n) is 6.39. The van der Waals surface area contributed by atoms with Crippen LogP contribution in [-0.2, 0) is 4.74 Å². The van der Waals surface area contributed by atoms with Gasteiger partial charge in [0.25, 0.3) is 5.91 Å². The Bertz CT molecular complexity index is 564. The summed E-state index contributed by atoms with van der Waals surface area (Å²) in [5.74, 6) is -0.255. The summed E-state index contributed by atoms with van der Waals surface area (Å²) in [6.45, 7) is 3.33. The van der Waals surface area contributed by atoms with Crippen molar-refractivity contribution >= 4 is 23.7 Å². The molecule has 0 atom stereocenters. The summed E-state index contributed by atoms with van der Waals surface area (Å²) < 4.78 is 5.11. The lowest BCUT2D eigenvalue weighted by molar-refractivity contribution is 0.0922. The summed E-state index contributed by atoms with van der Waals surface area (Å²) in [5.41, 5.74) is 0.740. The van der Waals surface area contributed by atoms with Crippen molar-refractivity contribution in [1.82, 2.24) is 5.32 Å². The quantitative estimate of drug-likeness (QED) is 0.809. The van der Waals surface area contributed by atoms with E-state index in [1.807, 2.05) is 6.92 Å². The minimum Gasteiger partial charge on any atom is -0.380 e. The molecule has 0 saturated heterocycles. The highest BCUT2D eigenvalue weighted by Crippen LogP contribution is 2.20. The van der Waals surface area contributed by atoms with Gasteiger partial charge >= 0.3 is 12.1 Å². The van der Waals surface area contributed by atoms with Crippen LogP contribution in [0, 0.1) is 0 Å². The van der Waals surface area contributed by atoms with Crippen LogP contribution in [0.5, 0.6) is 0 Å². The molecular weight excluding hydrogens is 276 g/mol. The second-order valence-electron chi connectivity index (χ2n) is 4.10. The number of hydrogen-bond donors (Lipinski definition) is 1. The van der Waals surface area contributed by atoms with Crippen molar-refractivity contribution in [3.05, 3.63) is 29.8 Å². The molecule has 0 spiro atoms. The lowest BCUT2D eigenvalue weighted by Gasteiger charge is -2.11. The number of azo groups is 1. The number of imide groups is 1. The predicted molar refractivity (Wildman–Crippen MR) is 73.4 cm³/mol. The molecule has 5 amide bonds. The molecule has 0 aromatic heterocycles. The SMILES string of the molecule is CCOCCNC(=O)c1ccc(N2C(=O)N=NC2=O)cc1. The normalized spacial score (nSPS) is 13.9. The Kier molecular flexibility index (Phi) is 4.72. The Labute approximate surface area is 120 Å². The molecule has 1 aliphatic rings. The zero-order valence-electron chi connectivity index (χ0n) is 11.4. The molecule has 0 saturated carbocycles. The summed E-state index contributed by atoms with van der Waals surface area (Å²) in [7, 11) is 0. The van der Waals surface area contributed by atoms with Gasteiger partial charge in [0.05, 0.1) is 12.3 Å². The van der Waals surface area contributed by atoms with Gasteiger partial charge in [0.2, 0.25) is 0 Å². The van der Waals surface area contributed by atoms with E-state index in [4.69, 9.17) is 4.74 Å². The molecular formula is C13H14N4O4. The van der Waals surface area contributed by atoms with E-state index in [9.17, 15) is 14.4 Å². The van der Waals surface area contributed by atoms with Crippen LogP contribution in [-0.4, -0.2) is 37.7 Å². The highest BCUT2D eigenvalue weighted by atomic mass is 16.5. The van der Waals surface area contributed by atoms with E-state index in [1.165, 1.54) is 24.3 Å². The Morgan fingerprint density at radius 3 is 2.38 bits per heavy atom. The van der Waals surface area contributed by atoms with Gasteiger partial charge in [0, 0.05) is 18.7 Å². The number of urea groups is 2. The standard InChI is InChI=1S/C13H14N4O4/c1-2-21-8-7-14-11(18)9-3-5-10(6-4-9)17-12(19)15-16-13(17)20/h3-6H,2,7-8H2,1H3,(H,14,18).